The van der Waals surface area contributed by atoms with E-state index >= 15 is 0 Å². The highest BCUT2D eigenvalue weighted by Crippen LogP contribution is 2.35. The van der Waals surface area contributed by atoms with E-state index in [1.54, 1.807) is 11.8 Å². The zero-order valence-electron chi connectivity index (χ0n) is 12.8. The summed E-state index contributed by atoms with van der Waals surface area (Å²) >= 11 is 1.68. The molecule has 0 bridgehead atoms. The van der Waals surface area contributed by atoms with Gasteiger partial charge in [-0.05, 0) is 11.1 Å². The molecule has 0 aliphatic carbocycles. The molecule has 1 nitrogen and oxygen atoms in total. The smallest absolute Gasteiger partial charge is 0.172 e. The molecule has 0 aliphatic heterocycles. The third kappa shape index (κ3) is 4.11. The lowest BCUT2D eigenvalue weighted by molar-refractivity contribution is 0.102. The molecule has 23 heavy (non-hydrogen) atoms. The number of carbonyl (C=O) groups is 1. The van der Waals surface area contributed by atoms with Crippen molar-refractivity contribution in [2.45, 2.75) is 5.25 Å². The van der Waals surface area contributed by atoms with Crippen molar-refractivity contribution in [2.75, 3.05) is 5.75 Å². The molecule has 0 unspecified atom stereocenters. The minimum absolute atomic E-state index is 0.171. The molecule has 0 heterocycles. The van der Waals surface area contributed by atoms with Crippen molar-refractivity contribution in [3.05, 3.63) is 108 Å². The fourth-order valence-electron chi connectivity index (χ4n) is 2.51. The summed E-state index contributed by atoms with van der Waals surface area (Å²) in [4.78, 5) is 12.4. The van der Waals surface area contributed by atoms with E-state index in [0.717, 1.165) is 5.56 Å². The van der Waals surface area contributed by atoms with Crippen LogP contribution in [0.5, 0.6) is 0 Å². The van der Waals surface area contributed by atoms with Gasteiger partial charge >= 0.3 is 0 Å². The minimum Gasteiger partial charge on any atom is -0.293 e. The van der Waals surface area contributed by atoms with Crippen LogP contribution in [0.25, 0.3) is 0 Å². The summed E-state index contributed by atoms with van der Waals surface area (Å²) < 4.78 is 0. The van der Waals surface area contributed by atoms with Gasteiger partial charge in [-0.15, -0.1) is 11.8 Å². The van der Waals surface area contributed by atoms with Crippen LogP contribution in [0, 0.1) is 0 Å². The van der Waals surface area contributed by atoms with Crippen LogP contribution in [-0.4, -0.2) is 11.5 Å². The lowest BCUT2D eigenvalue weighted by Gasteiger charge is -2.17. The van der Waals surface area contributed by atoms with E-state index in [0.29, 0.717) is 5.75 Å². The first-order valence-corrected chi connectivity index (χ1v) is 8.69. The van der Waals surface area contributed by atoms with Gasteiger partial charge < -0.3 is 0 Å². The predicted octanol–water partition coefficient (Wildman–Crippen LogP) is 5.39. The van der Waals surface area contributed by atoms with E-state index in [1.807, 2.05) is 66.7 Å². The summed E-state index contributed by atoms with van der Waals surface area (Å²) in [5.74, 6) is 0.644. The van der Waals surface area contributed by atoms with Gasteiger partial charge in [0, 0.05) is 5.56 Å². The van der Waals surface area contributed by atoms with Gasteiger partial charge in [0.15, 0.2) is 5.78 Å². The number of carbonyl (C=O) groups excluding carboxylic acids is 1. The molecule has 0 N–H and O–H groups in total. The Hall–Kier alpha value is -2.32. The summed E-state index contributed by atoms with van der Waals surface area (Å²) in [6.45, 7) is 0. The van der Waals surface area contributed by atoms with Crippen LogP contribution in [0.15, 0.2) is 91.0 Å². The van der Waals surface area contributed by atoms with Gasteiger partial charge in [-0.1, -0.05) is 91.0 Å². The SMILES string of the molecule is O=C(CSC(c1ccccc1)c1ccccc1)c1ccccc1. The van der Waals surface area contributed by atoms with E-state index < -0.39 is 0 Å². The Labute approximate surface area is 141 Å². The molecule has 114 valence electrons. The summed E-state index contributed by atoms with van der Waals surface area (Å²) in [5, 5.41) is 0.171. The van der Waals surface area contributed by atoms with Crippen molar-refractivity contribution in [2.24, 2.45) is 0 Å². The van der Waals surface area contributed by atoms with Crippen LogP contribution < -0.4 is 0 Å². The van der Waals surface area contributed by atoms with E-state index in [2.05, 4.69) is 24.3 Å². The van der Waals surface area contributed by atoms with Gasteiger partial charge in [0.1, 0.15) is 0 Å². The third-order valence-electron chi connectivity index (χ3n) is 3.68. The van der Waals surface area contributed by atoms with E-state index in [4.69, 9.17) is 0 Å². The fourth-order valence-corrected chi connectivity index (χ4v) is 3.69. The quantitative estimate of drug-likeness (QED) is 0.567. The molecule has 3 aromatic carbocycles. The Bertz CT molecular complexity index is 699. The summed E-state index contributed by atoms with van der Waals surface area (Å²) in [7, 11) is 0. The summed E-state index contributed by atoms with van der Waals surface area (Å²) in [6, 6.07) is 30.2. The van der Waals surface area contributed by atoms with Gasteiger partial charge in [0.25, 0.3) is 0 Å². The Kier molecular flexibility index (Phi) is 5.28. The van der Waals surface area contributed by atoms with Crippen LogP contribution in [0.3, 0.4) is 0 Å². The molecule has 2 heteroatoms. The molecule has 0 atom stereocenters. The molecule has 0 fully saturated rings. The number of thioether (sulfide) groups is 1. The van der Waals surface area contributed by atoms with E-state index in [-0.39, 0.29) is 11.0 Å². The van der Waals surface area contributed by atoms with E-state index in [1.165, 1.54) is 11.1 Å². The largest absolute Gasteiger partial charge is 0.293 e. The highest BCUT2D eigenvalue weighted by molar-refractivity contribution is 8.00. The van der Waals surface area contributed by atoms with Gasteiger partial charge in [-0.25, -0.2) is 0 Å². The van der Waals surface area contributed by atoms with Crippen LogP contribution in [-0.2, 0) is 0 Å². The highest BCUT2D eigenvalue weighted by atomic mass is 32.2. The number of hydrogen-bond donors (Lipinski definition) is 0. The molecule has 0 spiro atoms. The van der Waals surface area contributed by atoms with Crippen LogP contribution in [0.4, 0.5) is 0 Å². The Morgan fingerprint density at radius 2 is 1.13 bits per heavy atom. The first-order chi connectivity index (χ1) is 11.3. The first kappa shape index (κ1) is 15.6. The molecule has 0 saturated carbocycles. The number of Topliss-reactive ketones (excluding diaryl/α,β-unsaturated/α-hetero) is 1. The summed E-state index contributed by atoms with van der Waals surface area (Å²) in [5.41, 5.74) is 3.23. The van der Waals surface area contributed by atoms with Crippen molar-refractivity contribution in [3.63, 3.8) is 0 Å². The highest BCUT2D eigenvalue weighted by Gasteiger charge is 2.16. The molecule has 0 aromatic heterocycles. The van der Waals surface area contributed by atoms with Gasteiger partial charge in [-0.2, -0.15) is 0 Å². The van der Waals surface area contributed by atoms with Gasteiger partial charge in [-0.3, -0.25) is 4.79 Å². The maximum atomic E-state index is 12.4. The standard InChI is InChI=1S/C21H18OS/c22-20(17-10-4-1-5-11-17)16-23-21(18-12-6-2-7-13-18)19-14-8-3-9-15-19/h1-15,21H,16H2. The number of benzene rings is 3. The van der Waals surface area contributed by atoms with Crippen molar-refractivity contribution in [1.29, 1.82) is 0 Å². The van der Waals surface area contributed by atoms with Gasteiger partial charge in [0.05, 0.1) is 11.0 Å². The fraction of sp³-hybridized carbons (Fsp3) is 0.0952. The minimum atomic E-state index is 0.171. The van der Waals surface area contributed by atoms with Crippen LogP contribution in [0.2, 0.25) is 0 Å². The van der Waals surface area contributed by atoms with Crippen molar-refractivity contribution in [3.8, 4) is 0 Å². The second-order valence-electron chi connectivity index (χ2n) is 5.30. The van der Waals surface area contributed by atoms with Crippen LogP contribution in [0.1, 0.15) is 26.7 Å². The molecule has 0 radical (unpaired) electrons. The van der Waals surface area contributed by atoms with E-state index in [9.17, 15) is 4.79 Å². The lowest BCUT2D eigenvalue weighted by atomic mass is 10.0. The second kappa shape index (κ2) is 7.80. The van der Waals surface area contributed by atoms with Gasteiger partial charge in [0.2, 0.25) is 0 Å². The normalized spacial score (nSPS) is 10.7. The second-order valence-corrected chi connectivity index (χ2v) is 6.40. The average molecular weight is 318 g/mol. The number of hydrogen-bond acceptors (Lipinski definition) is 2. The molecule has 3 rings (SSSR count). The molecule has 0 saturated heterocycles. The maximum absolute atomic E-state index is 12.4. The van der Waals surface area contributed by atoms with Crippen LogP contribution >= 0.6 is 11.8 Å². The zero-order chi connectivity index (χ0) is 15.9. The average Bonchev–Trinajstić information content (AvgIpc) is 2.64. The Balaban J connectivity index is 1.79. The number of ketones is 1. The predicted molar refractivity (Wildman–Crippen MR) is 98.0 cm³/mol. The Morgan fingerprint density at radius 1 is 0.696 bits per heavy atom. The van der Waals surface area contributed by atoms with Crippen molar-refractivity contribution < 1.29 is 4.79 Å². The molecular weight excluding hydrogens is 300 g/mol. The monoisotopic (exact) mass is 318 g/mol. The molecule has 0 aliphatic rings. The van der Waals surface area contributed by atoms with Crippen molar-refractivity contribution in [1.82, 2.24) is 0 Å². The third-order valence-corrected chi connectivity index (χ3v) is 4.99. The Morgan fingerprint density at radius 3 is 1.61 bits per heavy atom. The molecular formula is C21H18OS. The molecule has 0 amide bonds. The topological polar surface area (TPSA) is 17.1 Å². The zero-order valence-corrected chi connectivity index (χ0v) is 13.6. The maximum Gasteiger partial charge on any atom is 0.172 e. The molecule has 3 aromatic rings. The summed E-state index contributed by atoms with van der Waals surface area (Å²) in [6.07, 6.45) is 0. The van der Waals surface area contributed by atoms with Crippen molar-refractivity contribution >= 4 is 17.5 Å². The number of rotatable bonds is 6. The lowest BCUT2D eigenvalue weighted by Crippen LogP contribution is -2.06. The first-order valence-electron chi connectivity index (χ1n) is 7.64.